The van der Waals surface area contributed by atoms with Crippen molar-refractivity contribution < 1.29 is 9.72 Å². The van der Waals surface area contributed by atoms with Crippen molar-refractivity contribution >= 4 is 11.6 Å². The first-order chi connectivity index (χ1) is 9.09. The number of aromatic amines is 1. The molecule has 7 nitrogen and oxygen atoms in total. The van der Waals surface area contributed by atoms with Gasteiger partial charge in [-0.3, -0.25) is 20.0 Å². The van der Waals surface area contributed by atoms with Gasteiger partial charge in [-0.1, -0.05) is 12.1 Å². The van der Waals surface area contributed by atoms with Crippen LogP contribution in [0.2, 0.25) is 0 Å². The Balaban J connectivity index is 2.17. The van der Waals surface area contributed by atoms with Gasteiger partial charge in [0, 0.05) is 17.3 Å². The quantitative estimate of drug-likeness (QED) is 0.628. The molecule has 3 rings (SSSR count). The number of H-pyrrole nitrogens is 1. The molecule has 1 aliphatic heterocycles. The fourth-order valence-corrected chi connectivity index (χ4v) is 2.37. The van der Waals surface area contributed by atoms with E-state index in [-0.39, 0.29) is 11.6 Å². The van der Waals surface area contributed by atoms with E-state index in [1.54, 1.807) is 25.1 Å². The van der Waals surface area contributed by atoms with Gasteiger partial charge in [-0.25, -0.2) is 0 Å². The molecule has 0 fully saturated rings. The highest BCUT2D eigenvalue weighted by Crippen LogP contribution is 2.36. The van der Waals surface area contributed by atoms with Gasteiger partial charge in [-0.2, -0.15) is 5.10 Å². The summed E-state index contributed by atoms with van der Waals surface area (Å²) in [5.74, 6) is -0.317. The van der Waals surface area contributed by atoms with Gasteiger partial charge < -0.3 is 5.32 Å². The largest absolute Gasteiger partial charge is 0.339 e. The van der Waals surface area contributed by atoms with Crippen molar-refractivity contribution in [2.45, 2.75) is 13.0 Å². The van der Waals surface area contributed by atoms with Crippen LogP contribution in [-0.4, -0.2) is 21.0 Å². The normalized spacial score (nSPS) is 17.1. The summed E-state index contributed by atoms with van der Waals surface area (Å²) in [5.41, 5.74) is 2.17. The van der Waals surface area contributed by atoms with E-state index in [2.05, 4.69) is 15.5 Å². The van der Waals surface area contributed by atoms with Gasteiger partial charge in [0.15, 0.2) is 5.69 Å². The molecule has 0 saturated carbocycles. The van der Waals surface area contributed by atoms with Crippen LogP contribution in [-0.2, 0) is 0 Å². The monoisotopic (exact) mass is 258 g/mol. The smallest absolute Gasteiger partial charge is 0.275 e. The van der Waals surface area contributed by atoms with E-state index >= 15 is 0 Å². The maximum Gasteiger partial charge on any atom is 0.275 e. The molecular weight excluding hydrogens is 248 g/mol. The number of carbonyl (C=O) groups excluding carboxylic acids is 1. The van der Waals surface area contributed by atoms with E-state index in [0.717, 1.165) is 5.69 Å². The van der Waals surface area contributed by atoms with Gasteiger partial charge in [0.05, 0.1) is 16.5 Å². The second kappa shape index (κ2) is 3.91. The Morgan fingerprint density at radius 3 is 2.84 bits per heavy atom. The van der Waals surface area contributed by atoms with Crippen molar-refractivity contribution in [1.29, 1.82) is 0 Å². The van der Waals surface area contributed by atoms with Crippen LogP contribution < -0.4 is 5.32 Å². The molecule has 0 bridgehead atoms. The van der Waals surface area contributed by atoms with Crippen molar-refractivity contribution in [2.24, 2.45) is 0 Å². The van der Waals surface area contributed by atoms with E-state index < -0.39 is 11.0 Å². The van der Waals surface area contributed by atoms with Crippen LogP contribution in [0.4, 0.5) is 5.69 Å². The summed E-state index contributed by atoms with van der Waals surface area (Å²) < 4.78 is 0. The first-order valence-corrected chi connectivity index (χ1v) is 5.68. The third-order valence-electron chi connectivity index (χ3n) is 3.22. The summed E-state index contributed by atoms with van der Waals surface area (Å²) >= 11 is 0. The van der Waals surface area contributed by atoms with Crippen molar-refractivity contribution in [3.63, 3.8) is 0 Å². The first kappa shape index (κ1) is 11.4. The van der Waals surface area contributed by atoms with Gasteiger partial charge in [-0.15, -0.1) is 0 Å². The number of nitro groups is 1. The maximum absolute atomic E-state index is 11.8. The molecule has 0 aliphatic carbocycles. The summed E-state index contributed by atoms with van der Waals surface area (Å²) in [5, 5.41) is 20.4. The van der Waals surface area contributed by atoms with Crippen LogP contribution in [0.3, 0.4) is 0 Å². The zero-order valence-electron chi connectivity index (χ0n) is 10.0. The Bertz CT molecular complexity index is 692. The number of amides is 1. The van der Waals surface area contributed by atoms with Crippen molar-refractivity contribution in [1.82, 2.24) is 15.5 Å². The summed E-state index contributed by atoms with van der Waals surface area (Å²) in [6.45, 7) is 1.79. The lowest BCUT2D eigenvalue weighted by molar-refractivity contribution is -0.385. The Morgan fingerprint density at radius 1 is 1.37 bits per heavy atom. The van der Waals surface area contributed by atoms with Gasteiger partial charge in [0.2, 0.25) is 0 Å². The number of fused-ring (bicyclic) bond motifs is 1. The minimum atomic E-state index is -0.525. The molecule has 1 unspecified atom stereocenters. The van der Waals surface area contributed by atoms with Crippen LogP contribution in [0.15, 0.2) is 24.3 Å². The highest BCUT2D eigenvalue weighted by molar-refractivity contribution is 5.98. The Labute approximate surface area is 107 Å². The molecule has 1 aliphatic rings. The number of hydrogen-bond donors (Lipinski definition) is 2. The lowest BCUT2D eigenvalue weighted by Crippen LogP contribution is -2.21. The molecule has 2 aromatic rings. The number of nitro benzene ring substituents is 1. The summed E-state index contributed by atoms with van der Waals surface area (Å²) in [4.78, 5) is 22.4. The number of hydrogen-bond acceptors (Lipinski definition) is 4. The zero-order valence-corrected chi connectivity index (χ0v) is 10.0. The maximum atomic E-state index is 11.8. The number of nitrogens with one attached hydrogen (secondary N) is 2. The Hall–Kier alpha value is -2.70. The van der Waals surface area contributed by atoms with Crippen LogP contribution in [0.1, 0.15) is 33.4 Å². The number of aromatic nitrogens is 2. The van der Waals surface area contributed by atoms with Crippen molar-refractivity contribution in [2.75, 3.05) is 0 Å². The van der Waals surface area contributed by atoms with Gasteiger partial charge in [-0.05, 0) is 13.0 Å². The van der Waals surface area contributed by atoms with Crippen LogP contribution in [0, 0.1) is 17.0 Å². The minimum absolute atomic E-state index is 0.0127. The molecule has 0 saturated heterocycles. The molecule has 0 radical (unpaired) electrons. The van der Waals surface area contributed by atoms with E-state index in [9.17, 15) is 14.9 Å². The average Bonchev–Trinajstić information content (AvgIpc) is 2.92. The van der Waals surface area contributed by atoms with Gasteiger partial charge in [0.25, 0.3) is 11.6 Å². The lowest BCUT2D eigenvalue weighted by atomic mass is 9.98. The van der Waals surface area contributed by atoms with Gasteiger partial charge in [0.1, 0.15) is 0 Å². The van der Waals surface area contributed by atoms with Crippen LogP contribution >= 0.6 is 0 Å². The number of benzene rings is 1. The van der Waals surface area contributed by atoms with Crippen molar-refractivity contribution in [3.8, 4) is 0 Å². The molecule has 1 aromatic heterocycles. The second-order valence-electron chi connectivity index (χ2n) is 4.33. The number of aryl methyl sites for hydroxylation is 1. The predicted octanol–water partition coefficient (Wildman–Crippen LogP) is 1.46. The zero-order chi connectivity index (χ0) is 13.6. The first-order valence-electron chi connectivity index (χ1n) is 5.68. The summed E-state index contributed by atoms with van der Waals surface area (Å²) in [6, 6.07) is 5.85. The molecule has 0 spiro atoms. The number of carbonyl (C=O) groups is 1. The molecule has 1 atom stereocenters. The second-order valence-corrected chi connectivity index (χ2v) is 4.33. The standard InChI is InChI=1S/C12H10N4O3/c1-6-9-10(13-12(17)11(9)15-14-6)7-4-2-3-5-8(7)16(18)19/h2-5,10H,1H3,(H,13,17)(H,14,15). The molecule has 96 valence electrons. The molecule has 19 heavy (non-hydrogen) atoms. The van der Waals surface area contributed by atoms with Crippen LogP contribution in [0.5, 0.6) is 0 Å². The average molecular weight is 258 g/mol. The van der Waals surface area contributed by atoms with E-state index in [1.807, 2.05) is 0 Å². The highest BCUT2D eigenvalue weighted by atomic mass is 16.6. The highest BCUT2D eigenvalue weighted by Gasteiger charge is 2.37. The third kappa shape index (κ3) is 1.59. The number of nitrogens with zero attached hydrogens (tertiary/aromatic N) is 2. The SMILES string of the molecule is Cc1[nH]nc2c1C(c1ccccc1[N+](=O)[O-])NC2=O. The number of rotatable bonds is 2. The molecule has 2 heterocycles. The number of para-hydroxylation sites is 1. The fraction of sp³-hybridized carbons (Fsp3) is 0.167. The van der Waals surface area contributed by atoms with Crippen LogP contribution in [0.25, 0.3) is 0 Å². The molecular formula is C12H10N4O3. The molecule has 2 N–H and O–H groups in total. The Kier molecular flexibility index (Phi) is 2.34. The lowest BCUT2D eigenvalue weighted by Gasteiger charge is -2.12. The van der Waals surface area contributed by atoms with Gasteiger partial charge >= 0.3 is 0 Å². The van der Waals surface area contributed by atoms with Crippen molar-refractivity contribution in [3.05, 3.63) is 56.9 Å². The van der Waals surface area contributed by atoms with E-state index in [0.29, 0.717) is 16.8 Å². The Morgan fingerprint density at radius 2 is 2.11 bits per heavy atom. The van der Waals surface area contributed by atoms with E-state index in [4.69, 9.17) is 0 Å². The summed E-state index contributed by atoms with van der Waals surface area (Å²) in [7, 11) is 0. The molecule has 1 aromatic carbocycles. The predicted molar refractivity (Wildman–Crippen MR) is 65.7 cm³/mol. The minimum Gasteiger partial charge on any atom is -0.339 e. The third-order valence-corrected chi connectivity index (χ3v) is 3.22. The fourth-order valence-electron chi connectivity index (χ4n) is 2.37. The van der Waals surface area contributed by atoms with E-state index in [1.165, 1.54) is 6.07 Å². The molecule has 7 heteroatoms. The topological polar surface area (TPSA) is 101 Å². The summed E-state index contributed by atoms with van der Waals surface area (Å²) in [6.07, 6.45) is 0. The molecule has 1 amide bonds.